The van der Waals surface area contributed by atoms with Gasteiger partial charge in [0.2, 0.25) is 0 Å². The minimum absolute atomic E-state index is 0.513. The summed E-state index contributed by atoms with van der Waals surface area (Å²) in [5, 5.41) is 11.9. The summed E-state index contributed by atoms with van der Waals surface area (Å²) >= 11 is 4.87. The molecule has 96 valence electrons. The van der Waals surface area contributed by atoms with Gasteiger partial charge in [0.25, 0.3) is 0 Å². The maximum absolute atomic E-state index is 5.49. The van der Waals surface area contributed by atoms with E-state index in [-0.39, 0.29) is 0 Å². The number of aromatic nitrogens is 4. The first-order chi connectivity index (χ1) is 8.11. The third-order valence-corrected chi connectivity index (χ3v) is 2.40. The lowest BCUT2D eigenvalue weighted by molar-refractivity contribution is 0.144. The van der Waals surface area contributed by atoms with Gasteiger partial charge in [-0.3, -0.25) is 4.90 Å². The summed E-state index contributed by atoms with van der Waals surface area (Å²) in [6, 6.07) is 0. The number of ether oxygens (including phenoxy) is 1. The SMILES string of the molecule is COCCN(CCC(N)=S)Cc1nnn(C)n1. The summed E-state index contributed by atoms with van der Waals surface area (Å²) < 4.78 is 5.05. The number of aryl methyl sites for hydroxylation is 1. The van der Waals surface area contributed by atoms with Gasteiger partial charge in [-0.2, -0.15) is 4.80 Å². The standard InChI is InChI=1S/C9H18N6OS/c1-14-12-9(11-13-14)7-15(5-6-16-2)4-3-8(10)17/h3-7H2,1-2H3,(H2,10,17). The van der Waals surface area contributed by atoms with Gasteiger partial charge in [0.1, 0.15) is 0 Å². The molecule has 0 aliphatic carbocycles. The van der Waals surface area contributed by atoms with E-state index in [1.54, 1.807) is 14.2 Å². The van der Waals surface area contributed by atoms with Crippen LogP contribution >= 0.6 is 12.2 Å². The molecule has 0 saturated carbocycles. The Balaban J connectivity index is 2.47. The Labute approximate surface area is 106 Å². The maximum atomic E-state index is 5.49. The van der Waals surface area contributed by atoms with E-state index in [1.165, 1.54) is 4.80 Å². The fourth-order valence-electron chi connectivity index (χ4n) is 1.35. The molecule has 1 aromatic rings. The Morgan fingerprint density at radius 1 is 1.53 bits per heavy atom. The lowest BCUT2D eigenvalue weighted by Crippen LogP contribution is -2.30. The van der Waals surface area contributed by atoms with E-state index in [0.717, 1.165) is 13.1 Å². The van der Waals surface area contributed by atoms with Crippen LogP contribution < -0.4 is 5.73 Å². The quantitative estimate of drug-likeness (QED) is 0.619. The van der Waals surface area contributed by atoms with Gasteiger partial charge in [-0.1, -0.05) is 12.2 Å². The highest BCUT2D eigenvalue weighted by Gasteiger charge is 2.09. The Bertz CT molecular complexity index is 355. The molecule has 1 heterocycles. The number of methoxy groups -OCH3 is 1. The van der Waals surface area contributed by atoms with Crippen LogP contribution in [0, 0.1) is 0 Å². The summed E-state index contributed by atoms with van der Waals surface area (Å²) in [5.74, 6) is 0.687. The highest BCUT2D eigenvalue weighted by molar-refractivity contribution is 7.80. The molecule has 0 aliphatic heterocycles. The van der Waals surface area contributed by atoms with Gasteiger partial charge < -0.3 is 10.5 Å². The average Bonchev–Trinajstić information content (AvgIpc) is 2.68. The number of rotatable bonds is 8. The van der Waals surface area contributed by atoms with Crippen molar-refractivity contribution in [2.45, 2.75) is 13.0 Å². The summed E-state index contributed by atoms with van der Waals surface area (Å²) in [7, 11) is 3.41. The van der Waals surface area contributed by atoms with Crippen molar-refractivity contribution in [1.29, 1.82) is 0 Å². The number of tetrazole rings is 1. The predicted octanol–water partition coefficient (Wildman–Crippen LogP) is -0.665. The maximum Gasteiger partial charge on any atom is 0.188 e. The zero-order chi connectivity index (χ0) is 12.7. The van der Waals surface area contributed by atoms with Gasteiger partial charge in [-0.15, -0.1) is 10.2 Å². The number of hydrogen-bond acceptors (Lipinski definition) is 6. The molecule has 1 rings (SSSR count). The Kier molecular flexibility index (Phi) is 5.95. The third-order valence-electron chi connectivity index (χ3n) is 2.20. The van der Waals surface area contributed by atoms with Crippen molar-refractivity contribution in [2.24, 2.45) is 12.8 Å². The van der Waals surface area contributed by atoms with Gasteiger partial charge in [0, 0.05) is 26.6 Å². The van der Waals surface area contributed by atoms with Crippen LogP contribution in [-0.2, 0) is 18.3 Å². The Morgan fingerprint density at radius 3 is 2.82 bits per heavy atom. The van der Waals surface area contributed by atoms with Gasteiger partial charge in [-0.25, -0.2) is 0 Å². The minimum Gasteiger partial charge on any atom is -0.393 e. The van der Waals surface area contributed by atoms with Gasteiger partial charge >= 0.3 is 0 Å². The smallest absolute Gasteiger partial charge is 0.188 e. The van der Waals surface area contributed by atoms with Crippen LogP contribution in [0.4, 0.5) is 0 Å². The average molecular weight is 258 g/mol. The second kappa shape index (κ2) is 7.25. The molecule has 0 saturated heterocycles. The van der Waals surface area contributed by atoms with Crippen LogP contribution in [-0.4, -0.2) is 56.9 Å². The topological polar surface area (TPSA) is 82.1 Å². The molecule has 0 atom stereocenters. The first-order valence-electron chi connectivity index (χ1n) is 5.34. The van der Waals surface area contributed by atoms with Gasteiger partial charge in [0.15, 0.2) is 5.82 Å². The molecule has 0 spiro atoms. The molecule has 8 heteroatoms. The zero-order valence-corrected chi connectivity index (χ0v) is 11.0. The zero-order valence-electron chi connectivity index (χ0n) is 10.2. The molecule has 7 nitrogen and oxygen atoms in total. The van der Waals surface area contributed by atoms with E-state index in [1.807, 2.05) is 0 Å². The molecule has 17 heavy (non-hydrogen) atoms. The van der Waals surface area contributed by atoms with Gasteiger partial charge in [0.05, 0.1) is 25.2 Å². The third kappa shape index (κ3) is 5.66. The molecule has 0 radical (unpaired) electrons. The predicted molar refractivity (Wildman–Crippen MR) is 67.4 cm³/mol. The van der Waals surface area contributed by atoms with Crippen LogP contribution in [0.5, 0.6) is 0 Å². The van der Waals surface area contributed by atoms with Crippen molar-refractivity contribution < 1.29 is 4.74 Å². The van der Waals surface area contributed by atoms with Crippen LogP contribution in [0.1, 0.15) is 12.2 Å². The second-order valence-electron chi connectivity index (χ2n) is 3.68. The number of thiocarbonyl (C=S) groups is 1. The first kappa shape index (κ1) is 13.9. The number of nitrogens with zero attached hydrogens (tertiary/aromatic N) is 5. The lowest BCUT2D eigenvalue weighted by atomic mass is 10.3. The second-order valence-corrected chi connectivity index (χ2v) is 4.20. The molecular weight excluding hydrogens is 240 g/mol. The number of nitrogens with two attached hydrogens (primary N) is 1. The van der Waals surface area contributed by atoms with E-state index in [2.05, 4.69) is 20.3 Å². The minimum atomic E-state index is 0.513. The number of hydrogen-bond donors (Lipinski definition) is 1. The van der Waals surface area contributed by atoms with E-state index < -0.39 is 0 Å². The normalized spacial score (nSPS) is 11.0. The van der Waals surface area contributed by atoms with Crippen molar-refractivity contribution >= 4 is 17.2 Å². The van der Waals surface area contributed by atoms with Crippen LogP contribution in [0.3, 0.4) is 0 Å². The molecule has 0 fully saturated rings. The molecule has 0 bridgehead atoms. The Morgan fingerprint density at radius 2 is 2.29 bits per heavy atom. The van der Waals surface area contributed by atoms with Crippen molar-refractivity contribution in [3.05, 3.63) is 5.82 Å². The summed E-state index contributed by atoms with van der Waals surface area (Å²) in [6.07, 6.45) is 0.680. The van der Waals surface area contributed by atoms with Gasteiger partial charge in [-0.05, 0) is 5.21 Å². The monoisotopic (exact) mass is 258 g/mol. The first-order valence-corrected chi connectivity index (χ1v) is 5.75. The van der Waals surface area contributed by atoms with Crippen LogP contribution in [0.15, 0.2) is 0 Å². The Hall–Kier alpha value is -1.12. The van der Waals surface area contributed by atoms with Crippen molar-refractivity contribution in [3.8, 4) is 0 Å². The van der Waals surface area contributed by atoms with E-state index in [9.17, 15) is 0 Å². The van der Waals surface area contributed by atoms with E-state index in [0.29, 0.717) is 30.4 Å². The fraction of sp³-hybridized carbons (Fsp3) is 0.778. The van der Waals surface area contributed by atoms with Crippen molar-refractivity contribution in [1.82, 2.24) is 25.1 Å². The molecule has 0 aromatic carbocycles. The highest BCUT2D eigenvalue weighted by atomic mass is 32.1. The largest absolute Gasteiger partial charge is 0.393 e. The lowest BCUT2D eigenvalue weighted by Gasteiger charge is -2.19. The summed E-state index contributed by atoms with van der Waals surface area (Å²) in [4.78, 5) is 4.09. The molecule has 0 amide bonds. The fourth-order valence-corrected chi connectivity index (χ4v) is 1.44. The van der Waals surface area contributed by atoms with Crippen LogP contribution in [0.25, 0.3) is 0 Å². The van der Waals surface area contributed by atoms with Crippen molar-refractivity contribution in [3.63, 3.8) is 0 Å². The summed E-state index contributed by atoms with van der Waals surface area (Å²) in [5.41, 5.74) is 5.49. The molecule has 0 aliphatic rings. The molecule has 2 N–H and O–H groups in total. The molecule has 1 aromatic heterocycles. The highest BCUT2D eigenvalue weighted by Crippen LogP contribution is 1.99. The van der Waals surface area contributed by atoms with Crippen molar-refractivity contribution in [2.75, 3.05) is 26.8 Å². The van der Waals surface area contributed by atoms with E-state index in [4.69, 9.17) is 22.7 Å². The summed E-state index contributed by atoms with van der Waals surface area (Å²) in [6.45, 7) is 2.84. The van der Waals surface area contributed by atoms with Crippen LogP contribution in [0.2, 0.25) is 0 Å². The van der Waals surface area contributed by atoms with E-state index >= 15 is 0 Å². The molecular formula is C9H18N6OS. The molecule has 0 unspecified atom stereocenters.